The van der Waals surface area contributed by atoms with Gasteiger partial charge in [-0.1, -0.05) is 48.5 Å². The van der Waals surface area contributed by atoms with E-state index in [4.69, 9.17) is 14.2 Å². The second-order valence-electron chi connectivity index (χ2n) is 7.02. The molecule has 1 heterocycles. The van der Waals surface area contributed by atoms with Gasteiger partial charge in [-0.3, -0.25) is 4.79 Å². The Bertz CT molecular complexity index is 1000. The molecular formula is C25H25NO4. The Kier molecular flexibility index (Phi) is 6.18. The van der Waals surface area contributed by atoms with Crippen molar-refractivity contribution in [3.63, 3.8) is 0 Å². The maximum Gasteiger partial charge on any atom is 0.254 e. The third-order valence-electron chi connectivity index (χ3n) is 5.06. The van der Waals surface area contributed by atoms with Crippen LogP contribution in [0.1, 0.15) is 28.4 Å². The smallest absolute Gasteiger partial charge is 0.254 e. The average molecular weight is 403 g/mol. The van der Waals surface area contributed by atoms with E-state index < -0.39 is 0 Å². The summed E-state index contributed by atoms with van der Waals surface area (Å²) in [7, 11) is 0. The van der Waals surface area contributed by atoms with Gasteiger partial charge in [0.25, 0.3) is 5.91 Å². The second-order valence-corrected chi connectivity index (χ2v) is 7.02. The van der Waals surface area contributed by atoms with Crippen molar-refractivity contribution in [1.29, 1.82) is 0 Å². The quantitative estimate of drug-likeness (QED) is 0.574. The van der Waals surface area contributed by atoms with Gasteiger partial charge in [0.05, 0.1) is 0 Å². The van der Waals surface area contributed by atoms with Gasteiger partial charge in [0.15, 0.2) is 11.5 Å². The van der Waals surface area contributed by atoms with Crippen LogP contribution in [0, 0.1) is 0 Å². The lowest BCUT2D eigenvalue weighted by molar-refractivity contribution is 0.0746. The predicted molar refractivity (Wildman–Crippen MR) is 115 cm³/mol. The number of carbonyl (C=O) groups is 1. The standard InChI is InChI=1S/C25H25NO4/c1-2-26(17-19-10-8-14-23-24(19)29-16-15-28-23)25(27)22-13-7-6-9-20(22)18-30-21-11-4-3-5-12-21/h3-14H,2,15-18H2,1H3. The molecule has 0 saturated carbocycles. The third-order valence-corrected chi connectivity index (χ3v) is 5.06. The molecule has 30 heavy (non-hydrogen) atoms. The summed E-state index contributed by atoms with van der Waals surface area (Å²) in [6.07, 6.45) is 0. The first-order chi connectivity index (χ1) is 14.8. The Labute approximate surface area is 176 Å². The summed E-state index contributed by atoms with van der Waals surface area (Å²) in [5.41, 5.74) is 2.46. The van der Waals surface area contributed by atoms with E-state index in [1.165, 1.54) is 0 Å². The molecule has 1 aliphatic rings. The monoisotopic (exact) mass is 403 g/mol. The Hall–Kier alpha value is -3.47. The van der Waals surface area contributed by atoms with Gasteiger partial charge in [-0.15, -0.1) is 0 Å². The summed E-state index contributed by atoms with van der Waals surface area (Å²) < 4.78 is 17.4. The fraction of sp³-hybridized carbons (Fsp3) is 0.240. The summed E-state index contributed by atoms with van der Waals surface area (Å²) in [5, 5.41) is 0. The largest absolute Gasteiger partial charge is 0.489 e. The van der Waals surface area contributed by atoms with Crippen molar-refractivity contribution >= 4 is 5.91 Å². The highest BCUT2D eigenvalue weighted by atomic mass is 16.6. The van der Waals surface area contributed by atoms with E-state index in [0.717, 1.165) is 28.4 Å². The van der Waals surface area contributed by atoms with Crippen molar-refractivity contribution in [1.82, 2.24) is 4.90 Å². The fourth-order valence-electron chi connectivity index (χ4n) is 3.49. The van der Waals surface area contributed by atoms with E-state index in [1.54, 1.807) is 0 Å². The maximum atomic E-state index is 13.4. The fourth-order valence-corrected chi connectivity index (χ4v) is 3.49. The maximum absolute atomic E-state index is 13.4. The van der Waals surface area contributed by atoms with E-state index in [1.807, 2.05) is 84.6 Å². The minimum atomic E-state index is -0.0286. The molecule has 0 N–H and O–H groups in total. The summed E-state index contributed by atoms with van der Waals surface area (Å²) in [5.74, 6) is 2.22. The van der Waals surface area contributed by atoms with E-state index in [0.29, 0.717) is 38.5 Å². The van der Waals surface area contributed by atoms with Gasteiger partial charge in [0, 0.05) is 29.8 Å². The molecular weight excluding hydrogens is 378 g/mol. The molecule has 5 heteroatoms. The number of amides is 1. The van der Waals surface area contributed by atoms with Gasteiger partial charge in [-0.25, -0.2) is 0 Å². The predicted octanol–water partition coefficient (Wildman–Crippen LogP) is 4.70. The number of hydrogen-bond donors (Lipinski definition) is 0. The van der Waals surface area contributed by atoms with Crippen molar-refractivity contribution < 1.29 is 19.0 Å². The molecule has 4 rings (SSSR count). The molecule has 0 bridgehead atoms. The van der Waals surface area contributed by atoms with Gasteiger partial charge in [0.1, 0.15) is 25.6 Å². The number of rotatable bonds is 7. The van der Waals surface area contributed by atoms with Crippen molar-refractivity contribution in [3.05, 3.63) is 89.5 Å². The van der Waals surface area contributed by atoms with Crippen LogP contribution < -0.4 is 14.2 Å². The van der Waals surface area contributed by atoms with E-state index in [-0.39, 0.29) is 5.91 Å². The molecule has 0 atom stereocenters. The van der Waals surface area contributed by atoms with Crippen LogP contribution in [0.15, 0.2) is 72.8 Å². The second kappa shape index (κ2) is 9.35. The summed E-state index contributed by atoms with van der Waals surface area (Å²) in [6, 6.07) is 23.0. The SMILES string of the molecule is CCN(Cc1cccc2c1OCCO2)C(=O)c1ccccc1COc1ccccc1. The first-order valence-electron chi connectivity index (χ1n) is 10.2. The Balaban J connectivity index is 1.53. The van der Waals surface area contributed by atoms with Gasteiger partial charge < -0.3 is 19.1 Å². The zero-order chi connectivity index (χ0) is 20.8. The highest BCUT2D eigenvalue weighted by Crippen LogP contribution is 2.34. The van der Waals surface area contributed by atoms with Gasteiger partial charge >= 0.3 is 0 Å². The minimum absolute atomic E-state index is 0.0286. The Morgan fingerprint density at radius 3 is 2.47 bits per heavy atom. The first-order valence-corrected chi connectivity index (χ1v) is 10.2. The Morgan fingerprint density at radius 1 is 0.900 bits per heavy atom. The molecule has 5 nitrogen and oxygen atoms in total. The molecule has 0 saturated heterocycles. The van der Waals surface area contributed by atoms with Crippen LogP contribution in [-0.2, 0) is 13.2 Å². The molecule has 1 amide bonds. The van der Waals surface area contributed by atoms with Gasteiger partial charge in [-0.05, 0) is 31.2 Å². The van der Waals surface area contributed by atoms with Crippen LogP contribution in [-0.4, -0.2) is 30.6 Å². The topological polar surface area (TPSA) is 48.0 Å². The zero-order valence-electron chi connectivity index (χ0n) is 17.0. The molecule has 154 valence electrons. The van der Waals surface area contributed by atoms with E-state index in [2.05, 4.69) is 0 Å². The molecule has 0 radical (unpaired) electrons. The molecule has 3 aromatic carbocycles. The highest BCUT2D eigenvalue weighted by molar-refractivity contribution is 5.95. The van der Waals surface area contributed by atoms with Crippen LogP contribution in [0.2, 0.25) is 0 Å². The number of carbonyl (C=O) groups excluding carboxylic acids is 1. The molecule has 3 aromatic rings. The molecule has 0 aliphatic carbocycles. The van der Waals surface area contributed by atoms with Gasteiger partial charge in [-0.2, -0.15) is 0 Å². The normalized spacial score (nSPS) is 12.3. The number of benzene rings is 3. The minimum Gasteiger partial charge on any atom is -0.489 e. The van der Waals surface area contributed by atoms with Gasteiger partial charge in [0.2, 0.25) is 0 Å². The molecule has 1 aliphatic heterocycles. The first kappa shape index (κ1) is 19.8. The van der Waals surface area contributed by atoms with Crippen LogP contribution in [0.3, 0.4) is 0 Å². The van der Waals surface area contributed by atoms with Crippen molar-refractivity contribution in [2.24, 2.45) is 0 Å². The zero-order valence-corrected chi connectivity index (χ0v) is 17.0. The van der Waals surface area contributed by atoms with Crippen LogP contribution >= 0.6 is 0 Å². The molecule has 0 fully saturated rings. The molecule has 0 spiro atoms. The van der Waals surface area contributed by atoms with Crippen LogP contribution in [0.25, 0.3) is 0 Å². The van der Waals surface area contributed by atoms with Crippen LogP contribution in [0.4, 0.5) is 0 Å². The summed E-state index contributed by atoms with van der Waals surface area (Å²) in [6.45, 7) is 4.41. The summed E-state index contributed by atoms with van der Waals surface area (Å²) in [4.78, 5) is 15.2. The average Bonchev–Trinajstić information content (AvgIpc) is 2.81. The number of hydrogen-bond acceptors (Lipinski definition) is 4. The number of fused-ring (bicyclic) bond motifs is 1. The number of para-hydroxylation sites is 2. The van der Waals surface area contributed by atoms with Crippen molar-refractivity contribution in [3.8, 4) is 17.2 Å². The lowest BCUT2D eigenvalue weighted by Crippen LogP contribution is -2.31. The summed E-state index contributed by atoms with van der Waals surface area (Å²) >= 11 is 0. The highest BCUT2D eigenvalue weighted by Gasteiger charge is 2.22. The lowest BCUT2D eigenvalue weighted by atomic mass is 10.1. The van der Waals surface area contributed by atoms with Crippen molar-refractivity contribution in [2.45, 2.75) is 20.1 Å². The van der Waals surface area contributed by atoms with E-state index in [9.17, 15) is 4.79 Å². The van der Waals surface area contributed by atoms with E-state index >= 15 is 0 Å². The van der Waals surface area contributed by atoms with Crippen LogP contribution in [0.5, 0.6) is 17.2 Å². The van der Waals surface area contributed by atoms with Crippen molar-refractivity contribution in [2.75, 3.05) is 19.8 Å². The lowest BCUT2D eigenvalue weighted by Gasteiger charge is -2.26. The number of nitrogens with zero attached hydrogens (tertiary/aromatic N) is 1. The Morgan fingerprint density at radius 2 is 1.63 bits per heavy atom. The molecule has 0 unspecified atom stereocenters. The number of ether oxygens (including phenoxy) is 3. The molecule has 0 aromatic heterocycles. The third kappa shape index (κ3) is 4.40.